The monoisotopic (exact) mass is 173 g/mol. The Hall–Kier alpha value is -0.970. The van der Waals surface area contributed by atoms with Crippen molar-refractivity contribution < 1.29 is 9.90 Å². The maximum absolute atomic E-state index is 10.5. The van der Waals surface area contributed by atoms with Gasteiger partial charge in [-0.2, -0.15) is 10.2 Å². The highest BCUT2D eigenvalue weighted by Gasteiger charge is 2.14. The van der Waals surface area contributed by atoms with Gasteiger partial charge in [0.2, 0.25) is 0 Å². The summed E-state index contributed by atoms with van der Waals surface area (Å²) in [5, 5.41) is 15.9. The van der Waals surface area contributed by atoms with E-state index < -0.39 is 12.0 Å². The molecule has 5 nitrogen and oxygen atoms in total. The predicted octanol–water partition coefficient (Wildman–Crippen LogP) is 0.651. The smallest absolute Gasteiger partial charge is 0.330 e. The normalized spacial score (nSPS) is 13.5. The van der Waals surface area contributed by atoms with Crippen molar-refractivity contribution in [3.63, 3.8) is 0 Å². The zero-order chi connectivity index (χ0) is 9.40. The molecule has 12 heavy (non-hydrogen) atoms. The van der Waals surface area contributed by atoms with Gasteiger partial charge in [-0.05, 0) is 26.3 Å². The molecule has 0 fully saturated rings. The third kappa shape index (κ3) is 4.79. The third-order valence-electron chi connectivity index (χ3n) is 1.33. The molecule has 3 N–H and O–H groups in total. The number of hydrogen-bond acceptors (Lipinski definition) is 4. The maximum Gasteiger partial charge on any atom is 0.330 e. The van der Waals surface area contributed by atoms with E-state index in [2.05, 4.69) is 10.2 Å². The van der Waals surface area contributed by atoms with Crippen molar-refractivity contribution in [1.82, 2.24) is 0 Å². The van der Waals surface area contributed by atoms with Crippen molar-refractivity contribution in [2.45, 2.75) is 25.8 Å². The molecule has 0 rings (SSSR count). The van der Waals surface area contributed by atoms with Crippen molar-refractivity contribution >= 4 is 5.97 Å². The molecule has 0 aromatic heterocycles. The Morgan fingerprint density at radius 2 is 2.33 bits per heavy atom. The van der Waals surface area contributed by atoms with Crippen LogP contribution in [0, 0.1) is 0 Å². The average Bonchev–Trinajstić information content (AvgIpc) is 2.04. The molecule has 0 radical (unpaired) electrons. The summed E-state index contributed by atoms with van der Waals surface area (Å²) >= 11 is 0. The lowest BCUT2D eigenvalue weighted by molar-refractivity contribution is -0.138. The molecule has 0 aliphatic heterocycles. The van der Waals surface area contributed by atoms with E-state index in [1.165, 1.54) is 0 Å². The van der Waals surface area contributed by atoms with Gasteiger partial charge in [0.05, 0.1) is 6.54 Å². The van der Waals surface area contributed by atoms with Crippen molar-refractivity contribution in [2.24, 2.45) is 16.0 Å². The minimum absolute atomic E-state index is 0.468. The molecule has 0 amide bonds. The zero-order valence-electron chi connectivity index (χ0n) is 7.23. The number of azo groups is 1. The van der Waals surface area contributed by atoms with Gasteiger partial charge in [-0.3, -0.25) is 0 Å². The van der Waals surface area contributed by atoms with E-state index in [1.807, 2.05) is 6.92 Å². The Morgan fingerprint density at radius 3 is 2.75 bits per heavy atom. The fourth-order valence-corrected chi connectivity index (χ4v) is 0.722. The molecule has 0 aliphatic carbocycles. The fourth-order valence-electron chi connectivity index (χ4n) is 0.722. The summed E-state index contributed by atoms with van der Waals surface area (Å²) in [6.45, 7) is 2.82. The lowest BCUT2D eigenvalue weighted by Gasteiger charge is -2.03. The highest BCUT2D eigenvalue weighted by Crippen LogP contribution is 2.02. The van der Waals surface area contributed by atoms with Crippen molar-refractivity contribution in [3.05, 3.63) is 0 Å². The number of hydrogen-bond donors (Lipinski definition) is 2. The molecule has 0 aliphatic rings. The van der Waals surface area contributed by atoms with E-state index in [0.717, 1.165) is 0 Å². The van der Waals surface area contributed by atoms with Gasteiger partial charge < -0.3 is 10.8 Å². The number of carboxylic acids is 1. The molecule has 0 aromatic carbocycles. The van der Waals surface area contributed by atoms with Crippen LogP contribution in [0.5, 0.6) is 0 Å². The van der Waals surface area contributed by atoms with Crippen molar-refractivity contribution in [2.75, 3.05) is 13.1 Å². The van der Waals surface area contributed by atoms with E-state index in [1.54, 1.807) is 0 Å². The highest BCUT2D eigenvalue weighted by atomic mass is 16.4. The lowest BCUT2D eigenvalue weighted by atomic mass is 10.2. The number of rotatable bonds is 6. The molecule has 0 unspecified atom stereocenters. The molecule has 0 bridgehead atoms. The first-order valence-corrected chi connectivity index (χ1v) is 4.01. The molecule has 70 valence electrons. The molecular formula is C7H15N3O2. The number of aliphatic carboxylic acids is 1. The largest absolute Gasteiger partial charge is 0.480 e. The number of carbonyl (C=O) groups is 1. The first kappa shape index (κ1) is 11.0. The van der Waals surface area contributed by atoms with Gasteiger partial charge in [-0.25, -0.2) is 4.79 Å². The standard InChI is InChI=1S/C7H15N3O2/c1-2-9-10-6(7(11)12)4-3-5-8/h6H,2-5,8H2,1H3,(H,11,12)/b10-9+/t6-/m0/s1. The van der Waals surface area contributed by atoms with Gasteiger partial charge in [-0.15, -0.1) is 0 Å². The Balaban J connectivity index is 3.86. The van der Waals surface area contributed by atoms with Crippen LogP contribution in [0.15, 0.2) is 10.2 Å². The van der Waals surface area contributed by atoms with Gasteiger partial charge in [-0.1, -0.05) is 0 Å². The Bertz CT molecular complexity index is 159. The summed E-state index contributed by atoms with van der Waals surface area (Å²) in [6, 6.07) is -0.714. The van der Waals surface area contributed by atoms with E-state index in [9.17, 15) is 4.79 Å². The molecule has 5 heteroatoms. The Kier molecular flexibility index (Phi) is 6.18. The molecule has 1 atom stereocenters. The molecular weight excluding hydrogens is 158 g/mol. The Labute approximate surface area is 71.7 Å². The summed E-state index contributed by atoms with van der Waals surface area (Å²) < 4.78 is 0. The number of nitrogens with two attached hydrogens (primary N) is 1. The minimum Gasteiger partial charge on any atom is -0.480 e. The van der Waals surface area contributed by atoms with Gasteiger partial charge in [0, 0.05) is 0 Å². The summed E-state index contributed by atoms with van der Waals surface area (Å²) in [6.07, 6.45) is 1.13. The average molecular weight is 173 g/mol. The van der Waals surface area contributed by atoms with Crippen LogP contribution >= 0.6 is 0 Å². The highest BCUT2D eigenvalue weighted by molar-refractivity contribution is 5.73. The van der Waals surface area contributed by atoms with Crippen molar-refractivity contribution in [3.8, 4) is 0 Å². The summed E-state index contributed by atoms with van der Waals surface area (Å²) in [5.41, 5.74) is 5.24. The van der Waals surface area contributed by atoms with E-state index in [0.29, 0.717) is 25.9 Å². The number of nitrogens with zero attached hydrogens (tertiary/aromatic N) is 2. The zero-order valence-corrected chi connectivity index (χ0v) is 7.23. The van der Waals surface area contributed by atoms with Gasteiger partial charge >= 0.3 is 5.97 Å². The van der Waals surface area contributed by atoms with Crippen LogP contribution in [-0.2, 0) is 4.79 Å². The summed E-state index contributed by atoms with van der Waals surface area (Å²) in [7, 11) is 0. The van der Waals surface area contributed by atoms with Crippen LogP contribution in [0.2, 0.25) is 0 Å². The Morgan fingerprint density at radius 1 is 1.67 bits per heavy atom. The molecule has 0 spiro atoms. The first-order chi connectivity index (χ1) is 5.72. The van der Waals surface area contributed by atoms with Crippen LogP contribution in [0.3, 0.4) is 0 Å². The topological polar surface area (TPSA) is 88.0 Å². The van der Waals surface area contributed by atoms with Crippen molar-refractivity contribution in [1.29, 1.82) is 0 Å². The van der Waals surface area contributed by atoms with Crippen LogP contribution in [0.25, 0.3) is 0 Å². The molecule has 0 aromatic rings. The van der Waals surface area contributed by atoms with Gasteiger partial charge in [0.15, 0.2) is 6.04 Å². The van der Waals surface area contributed by atoms with Crippen LogP contribution in [-0.4, -0.2) is 30.2 Å². The molecule has 0 saturated heterocycles. The first-order valence-electron chi connectivity index (χ1n) is 4.01. The molecule has 0 saturated carbocycles. The minimum atomic E-state index is -0.930. The second kappa shape index (κ2) is 6.72. The van der Waals surface area contributed by atoms with Crippen LogP contribution in [0.1, 0.15) is 19.8 Å². The van der Waals surface area contributed by atoms with Crippen LogP contribution < -0.4 is 5.73 Å². The fraction of sp³-hybridized carbons (Fsp3) is 0.857. The second-order valence-electron chi connectivity index (χ2n) is 2.36. The summed E-state index contributed by atoms with van der Waals surface area (Å²) in [5.74, 6) is -0.930. The number of carboxylic acid groups (broad SMARTS) is 1. The maximum atomic E-state index is 10.5. The molecule has 0 heterocycles. The SMILES string of the molecule is CC/N=N/[C@@H](CCCN)C(=O)O. The van der Waals surface area contributed by atoms with Crippen LogP contribution in [0.4, 0.5) is 0 Å². The van der Waals surface area contributed by atoms with Gasteiger partial charge in [0.25, 0.3) is 0 Å². The third-order valence-corrected chi connectivity index (χ3v) is 1.33. The predicted molar refractivity (Wildman–Crippen MR) is 45.1 cm³/mol. The second-order valence-corrected chi connectivity index (χ2v) is 2.36. The van der Waals surface area contributed by atoms with E-state index in [4.69, 9.17) is 10.8 Å². The quantitative estimate of drug-likeness (QED) is 0.578. The lowest BCUT2D eigenvalue weighted by Crippen LogP contribution is -2.18. The van der Waals surface area contributed by atoms with Gasteiger partial charge in [0.1, 0.15) is 0 Å². The van der Waals surface area contributed by atoms with E-state index in [-0.39, 0.29) is 0 Å². The van der Waals surface area contributed by atoms with E-state index >= 15 is 0 Å². The summed E-state index contributed by atoms with van der Waals surface area (Å²) in [4.78, 5) is 10.5.